The molecule has 0 bridgehead atoms. The van der Waals surface area contributed by atoms with Gasteiger partial charge in [0.15, 0.2) is 6.29 Å². The number of fused-ring (bicyclic) bond motifs is 1. The van der Waals surface area contributed by atoms with E-state index in [-0.39, 0.29) is 6.61 Å². The molecule has 0 amide bonds. The number of benzene rings is 2. The Balaban J connectivity index is 1.59. The summed E-state index contributed by atoms with van der Waals surface area (Å²) in [7, 11) is 0. The van der Waals surface area contributed by atoms with Crippen molar-refractivity contribution in [1.29, 1.82) is 5.26 Å². The average molecular weight is 462 g/mol. The summed E-state index contributed by atoms with van der Waals surface area (Å²) in [5.74, 6) is 0. The maximum absolute atomic E-state index is 10.2. The number of ether oxygens (including phenoxy) is 1. The molecule has 1 saturated carbocycles. The molecular formula is C28H35N3O3. The molecule has 1 aliphatic heterocycles. The molecule has 0 spiro atoms. The lowest BCUT2D eigenvalue weighted by atomic mass is 10.0. The monoisotopic (exact) mass is 461 g/mol. The normalized spacial score (nSPS) is 22.4. The Morgan fingerprint density at radius 2 is 1.82 bits per heavy atom. The van der Waals surface area contributed by atoms with Crippen LogP contribution in [0, 0.1) is 11.3 Å². The lowest BCUT2D eigenvalue weighted by Crippen LogP contribution is -2.48. The van der Waals surface area contributed by atoms with Crippen LogP contribution in [-0.2, 0) is 4.74 Å². The third kappa shape index (κ3) is 5.79. The fraction of sp³-hybridized carbons (Fsp3) is 0.464. The van der Waals surface area contributed by atoms with Crippen LogP contribution in [0.1, 0.15) is 51.5 Å². The molecule has 2 aliphatic rings. The van der Waals surface area contributed by atoms with Crippen LogP contribution in [0.5, 0.6) is 0 Å². The average Bonchev–Trinajstić information content (AvgIpc) is 3.68. The SMILES string of the molecule is CCCN(CCC)c1ccc2cc(/C=C(\C#N)C(NC3CC(O)COC3O)=C3CC3)ccc2c1. The number of anilines is 1. The molecule has 2 aromatic carbocycles. The van der Waals surface area contributed by atoms with Crippen LogP contribution in [-0.4, -0.2) is 48.3 Å². The van der Waals surface area contributed by atoms with E-state index in [4.69, 9.17) is 4.74 Å². The van der Waals surface area contributed by atoms with Crippen molar-refractivity contribution < 1.29 is 14.9 Å². The van der Waals surface area contributed by atoms with Crippen LogP contribution < -0.4 is 10.2 Å². The molecule has 6 nitrogen and oxygen atoms in total. The van der Waals surface area contributed by atoms with Gasteiger partial charge in [0.05, 0.1) is 30.0 Å². The summed E-state index contributed by atoms with van der Waals surface area (Å²) < 4.78 is 5.26. The highest BCUT2D eigenvalue weighted by Crippen LogP contribution is 2.35. The minimum absolute atomic E-state index is 0.125. The quantitative estimate of drug-likeness (QED) is 0.477. The Labute approximate surface area is 202 Å². The first-order valence-electron chi connectivity index (χ1n) is 12.4. The van der Waals surface area contributed by atoms with E-state index < -0.39 is 18.4 Å². The molecule has 34 heavy (non-hydrogen) atoms. The predicted octanol–water partition coefficient (Wildman–Crippen LogP) is 4.48. The Bertz CT molecular complexity index is 1110. The number of nitrogens with one attached hydrogen (secondary N) is 1. The van der Waals surface area contributed by atoms with Crippen molar-refractivity contribution in [2.24, 2.45) is 0 Å². The van der Waals surface area contributed by atoms with Crippen LogP contribution in [0.25, 0.3) is 16.8 Å². The maximum Gasteiger partial charge on any atom is 0.175 e. The second-order valence-electron chi connectivity index (χ2n) is 9.29. The number of aliphatic hydroxyl groups excluding tert-OH is 2. The van der Waals surface area contributed by atoms with Gasteiger partial charge < -0.3 is 25.2 Å². The third-order valence-corrected chi connectivity index (χ3v) is 6.41. The third-order valence-electron chi connectivity index (χ3n) is 6.41. The van der Waals surface area contributed by atoms with Crippen molar-refractivity contribution in [1.82, 2.24) is 5.32 Å². The Kier molecular flexibility index (Phi) is 7.89. The standard InChI is InChI=1S/C28H35N3O3/c1-3-11-31(12-4-2)24-10-9-21-13-19(5-6-22(21)15-24)14-23(17-29)27(20-7-8-20)30-26-16-25(32)18-34-28(26)33/h5-6,9-10,13-15,25-26,28,30,32-33H,3-4,7-8,11-12,16,18H2,1-2H3/b23-14+. The van der Waals surface area contributed by atoms with Gasteiger partial charge >= 0.3 is 0 Å². The molecule has 180 valence electrons. The van der Waals surface area contributed by atoms with Crippen LogP contribution in [0.4, 0.5) is 5.69 Å². The van der Waals surface area contributed by atoms with E-state index in [0.29, 0.717) is 12.0 Å². The lowest BCUT2D eigenvalue weighted by Gasteiger charge is -2.32. The zero-order chi connectivity index (χ0) is 24.1. The van der Waals surface area contributed by atoms with E-state index in [9.17, 15) is 15.5 Å². The van der Waals surface area contributed by atoms with E-state index in [0.717, 1.165) is 61.0 Å². The van der Waals surface area contributed by atoms with Crippen LogP contribution in [0.3, 0.4) is 0 Å². The number of aliphatic hydroxyl groups is 2. The second kappa shape index (κ2) is 11.1. The van der Waals surface area contributed by atoms with Gasteiger partial charge in [-0.2, -0.15) is 5.26 Å². The lowest BCUT2D eigenvalue weighted by molar-refractivity contribution is -0.171. The number of rotatable bonds is 9. The zero-order valence-corrected chi connectivity index (χ0v) is 20.1. The van der Waals surface area contributed by atoms with E-state index in [1.54, 1.807) is 0 Å². The smallest absolute Gasteiger partial charge is 0.175 e. The first-order valence-corrected chi connectivity index (χ1v) is 12.4. The van der Waals surface area contributed by atoms with Gasteiger partial charge in [-0.1, -0.05) is 32.0 Å². The highest BCUT2D eigenvalue weighted by Gasteiger charge is 2.32. The van der Waals surface area contributed by atoms with Gasteiger partial charge in [0.25, 0.3) is 0 Å². The molecule has 2 aromatic rings. The molecule has 3 unspecified atom stereocenters. The summed E-state index contributed by atoms with van der Waals surface area (Å²) in [6.45, 7) is 6.64. The number of hydrogen-bond acceptors (Lipinski definition) is 6. The topological polar surface area (TPSA) is 88.8 Å². The number of nitriles is 1. The molecule has 0 aromatic heterocycles. The summed E-state index contributed by atoms with van der Waals surface area (Å²) in [5, 5.41) is 35.7. The molecule has 1 aliphatic carbocycles. The van der Waals surface area contributed by atoms with Gasteiger partial charge in [-0.3, -0.25) is 0 Å². The van der Waals surface area contributed by atoms with Gasteiger partial charge in [-0.25, -0.2) is 0 Å². The van der Waals surface area contributed by atoms with Crippen LogP contribution >= 0.6 is 0 Å². The molecule has 1 saturated heterocycles. The Morgan fingerprint density at radius 1 is 1.12 bits per heavy atom. The molecule has 6 heteroatoms. The molecule has 1 heterocycles. The van der Waals surface area contributed by atoms with Gasteiger partial charge in [-0.05, 0) is 71.9 Å². The summed E-state index contributed by atoms with van der Waals surface area (Å²) in [6.07, 6.45) is 4.74. The van der Waals surface area contributed by atoms with Crippen LogP contribution in [0.2, 0.25) is 0 Å². The van der Waals surface area contributed by atoms with Gasteiger partial charge in [0.1, 0.15) is 6.07 Å². The van der Waals surface area contributed by atoms with Gasteiger partial charge in [0, 0.05) is 25.2 Å². The van der Waals surface area contributed by atoms with E-state index in [1.807, 2.05) is 12.1 Å². The molecule has 0 radical (unpaired) electrons. The minimum atomic E-state index is -1.01. The highest BCUT2D eigenvalue weighted by molar-refractivity contribution is 5.88. The van der Waals surface area contributed by atoms with Crippen molar-refractivity contribution in [2.45, 2.75) is 64.4 Å². The maximum atomic E-state index is 10.2. The molecule has 4 rings (SSSR count). The number of allylic oxidation sites excluding steroid dienone is 2. The summed E-state index contributed by atoms with van der Waals surface area (Å²) in [6, 6.07) is 14.7. The van der Waals surface area contributed by atoms with Crippen molar-refractivity contribution in [3.05, 3.63) is 58.8 Å². The molecule has 3 atom stereocenters. The highest BCUT2D eigenvalue weighted by atomic mass is 16.6. The van der Waals surface area contributed by atoms with E-state index in [2.05, 4.69) is 60.5 Å². The zero-order valence-electron chi connectivity index (χ0n) is 20.1. The van der Waals surface area contributed by atoms with Crippen LogP contribution in [0.15, 0.2) is 53.2 Å². The van der Waals surface area contributed by atoms with E-state index in [1.165, 1.54) is 11.1 Å². The summed E-state index contributed by atoms with van der Waals surface area (Å²) >= 11 is 0. The largest absolute Gasteiger partial charge is 0.391 e. The van der Waals surface area contributed by atoms with Gasteiger partial charge in [0.2, 0.25) is 0 Å². The van der Waals surface area contributed by atoms with E-state index >= 15 is 0 Å². The van der Waals surface area contributed by atoms with Gasteiger partial charge in [-0.15, -0.1) is 0 Å². The summed E-state index contributed by atoms with van der Waals surface area (Å²) in [4.78, 5) is 2.43. The van der Waals surface area contributed by atoms with Crippen molar-refractivity contribution >= 4 is 22.5 Å². The fourth-order valence-electron chi connectivity index (χ4n) is 4.58. The van der Waals surface area contributed by atoms with Crippen molar-refractivity contribution in [3.63, 3.8) is 0 Å². The molecule has 3 N–H and O–H groups in total. The molecule has 2 fully saturated rings. The minimum Gasteiger partial charge on any atom is -0.391 e. The Hall–Kier alpha value is -2.85. The Morgan fingerprint density at radius 3 is 2.50 bits per heavy atom. The van der Waals surface area contributed by atoms with Crippen molar-refractivity contribution in [2.75, 3.05) is 24.6 Å². The first kappa shape index (κ1) is 24.3. The number of nitrogens with zero attached hydrogens (tertiary/aromatic N) is 2. The summed E-state index contributed by atoms with van der Waals surface area (Å²) in [5.41, 5.74) is 4.66. The number of hydrogen-bond donors (Lipinski definition) is 3. The van der Waals surface area contributed by atoms with Crippen molar-refractivity contribution in [3.8, 4) is 6.07 Å². The fourth-order valence-corrected chi connectivity index (χ4v) is 4.58. The first-order chi connectivity index (χ1) is 16.5. The molecular weight excluding hydrogens is 426 g/mol. The second-order valence-corrected chi connectivity index (χ2v) is 9.29. The predicted molar refractivity (Wildman–Crippen MR) is 136 cm³/mol.